The zero-order valence-electron chi connectivity index (χ0n) is 16.9. The normalized spacial score (nSPS) is 17.8. The molecule has 27 heavy (non-hydrogen) atoms. The van der Waals surface area contributed by atoms with Crippen molar-refractivity contribution in [1.82, 2.24) is 4.90 Å². The van der Waals surface area contributed by atoms with Crippen molar-refractivity contribution in [3.05, 3.63) is 29.8 Å². The van der Waals surface area contributed by atoms with Gasteiger partial charge in [0.15, 0.2) is 0 Å². The number of hydrogen-bond donors (Lipinski definition) is 0. The van der Waals surface area contributed by atoms with Crippen molar-refractivity contribution in [2.24, 2.45) is 5.41 Å². The lowest BCUT2D eigenvalue weighted by Gasteiger charge is -2.40. The van der Waals surface area contributed by atoms with E-state index in [2.05, 4.69) is 0 Å². The van der Waals surface area contributed by atoms with Gasteiger partial charge in [-0.2, -0.15) is 5.26 Å². The first-order valence-corrected chi connectivity index (χ1v) is 9.04. The van der Waals surface area contributed by atoms with Crippen LogP contribution in [0.25, 0.3) is 0 Å². The first kappa shape index (κ1) is 20.6. The standard InChI is InChI=1S/C21H27N3O3/c1-20(2,3)12-18(26)24(21(4,5)6)16-11-17(25)23(19(16)27)15-9-7-14(13-22)8-10-15/h7-10,16H,11-12H2,1-6H3. The van der Waals surface area contributed by atoms with E-state index < -0.39 is 17.5 Å². The second-order valence-corrected chi connectivity index (χ2v) is 9.12. The van der Waals surface area contributed by atoms with Gasteiger partial charge in [0.1, 0.15) is 6.04 Å². The maximum absolute atomic E-state index is 13.1. The van der Waals surface area contributed by atoms with E-state index in [4.69, 9.17) is 5.26 Å². The molecule has 0 aromatic heterocycles. The first-order chi connectivity index (χ1) is 12.3. The molecule has 1 saturated heterocycles. The molecule has 6 nitrogen and oxygen atoms in total. The molecule has 0 radical (unpaired) electrons. The fourth-order valence-corrected chi connectivity index (χ4v) is 3.33. The SMILES string of the molecule is CC(C)(C)CC(=O)N(C1CC(=O)N(c2ccc(C#N)cc2)C1=O)C(C)(C)C. The summed E-state index contributed by atoms with van der Waals surface area (Å²) >= 11 is 0. The van der Waals surface area contributed by atoms with Crippen LogP contribution in [0.4, 0.5) is 5.69 Å². The minimum atomic E-state index is -0.817. The van der Waals surface area contributed by atoms with E-state index in [1.165, 1.54) is 0 Å². The van der Waals surface area contributed by atoms with Crippen molar-refractivity contribution in [2.45, 2.75) is 66.0 Å². The highest BCUT2D eigenvalue weighted by atomic mass is 16.2. The number of amides is 3. The van der Waals surface area contributed by atoms with Crippen LogP contribution in [-0.4, -0.2) is 34.2 Å². The molecular formula is C21H27N3O3. The zero-order chi connectivity index (χ0) is 20.6. The molecule has 0 saturated carbocycles. The molecule has 1 heterocycles. The number of carbonyl (C=O) groups excluding carboxylic acids is 3. The van der Waals surface area contributed by atoms with Crippen LogP contribution in [0.5, 0.6) is 0 Å². The summed E-state index contributed by atoms with van der Waals surface area (Å²) in [5.74, 6) is -0.878. The van der Waals surface area contributed by atoms with Gasteiger partial charge in [0, 0.05) is 12.0 Å². The van der Waals surface area contributed by atoms with E-state index in [0.717, 1.165) is 4.90 Å². The molecule has 1 unspecified atom stereocenters. The Morgan fingerprint density at radius 2 is 1.70 bits per heavy atom. The van der Waals surface area contributed by atoms with Crippen molar-refractivity contribution < 1.29 is 14.4 Å². The van der Waals surface area contributed by atoms with Crippen LogP contribution in [0.2, 0.25) is 0 Å². The Labute approximate surface area is 160 Å². The summed E-state index contributed by atoms with van der Waals surface area (Å²) in [5.41, 5.74) is 0.0533. The molecule has 0 N–H and O–H groups in total. The number of carbonyl (C=O) groups is 3. The highest BCUT2D eigenvalue weighted by Crippen LogP contribution is 2.32. The monoisotopic (exact) mass is 369 g/mol. The average molecular weight is 369 g/mol. The van der Waals surface area contributed by atoms with Crippen LogP contribution in [0.3, 0.4) is 0 Å². The minimum Gasteiger partial charge on any atom is -0.325 e. The Hall–Kier alpha value is -2.68. The van der Waals surface area contributed by atoms with Crippen molar-refractivity contribution in [2.75, 3.05) is 4.90 Å². The molecule has 1 aliphatic heterocycles. The predicted molar refractivity (Wildman–Crippen MR) is 103 cm³/mol. The Morgan fingerprint density at radius 3 is 2.15 bits per heavy atom. The molecule has 1 aromatic carbocycles. The number of nitrogens with zero attached hydrogens (tertiary/aromatic N) is 3. The Balaban J connectivity index is 2.36. The van der Waals surface area contributed by atoms with E-state index in [1.807, 2.05) is 47.6 Å². The fraction of sp³-hybridized carbons (Fsp3) is 0.524. The summed E-state index contributed by atoms with van der Waals surface area (Å²) in [6.45, 7) is 11.5. The number of benzene rings is 1. The minimum absolute atomic E-state index is 0.0357. The van der Waals surface area contributed by atoms with Gasteiger partial charge in [-0.15, -0.1) is 0 Å². The van der Waals surface area contributed by atoms with Gasteiger partial charge in [0.05, 0.1) is 23.7 Å². The van der Waals surface area contributed by atoms with E-state index in [0.29, 0.717) is 17.7 Å². The molecule has 1 atom stereocenters. The molecular weight excluding hydrogens is 342 g/mol. The third kappa shape index (κ3) is 4.54. The summed E-state index contributed by atoms with van der Waals surface area (Å²) in [4.78, 5) is 41.3. The maximum Gasteiger partial charge on any atom is 0.257 e. The van der Waals surface area contributed by atoms with Crippen LogP contribution >= 0.6 is 0 Å². The van der Waals surface area contributed by atoms with Gasteiger partial charge < -0.3 is 4.90 Å². The first-order valence-electron chi connectivity index (χ1n) is 9.04. The molecule has 0 aliphatic carbocycles. The van der Waals surface area contributed by atoms with Crippen molar-refractivity contribution in [3.8, 4) is 6.07 Å². The number of hydrogen-bond acceptors (Lipinski definition) is 4. The summed E-state index contributed by atoms with van der Waals surface area (Å²) in [6.07, 6.45) is 0.255. The maximum atomic E-state index is 13.1. The predicted octanol–water partition coefficient (Wildman–Crippen LogP) is 3.25. The number of anilines is 1. The van der Waals surface area contributed by atoms with Gasteiger partial charge in [0.25, 0.3) is 5.91 Å². The van der Waals surface area contributed by atoms with Gasteiger partial charge in [0.2, 0.25) is 11.8 Å². The third-order valence-corrected chi connectivity index (χ3v) is 4.36. The molecule has 1 aliphatic rings. The molecule has 6 heteroatoms. The highest BCUT2D eigenvalue weighted by Gasteiger charge is 2.47. The van der Waals surface area contributed by atoms with Crippen molar-refractivity contribution >= 4 is 23.4 Å². The van der Waals surface area contributed by atoms with Crippen LogP contribution in [-0.2, 0) is 14.4 Å². The second kappa shape index (κ2) is 7.15. The molecule has 144 valence electrons. The summed E-state index contributed by atoms with van der Waals surface area (Å²) in [7, 11) is 0. The lowest BCUT2D eigenvalue weighted by Crippen LogP contribution is -2.55. The van der Waals surface area contributed by atoms with Gasteiger partial charge in [-0.3, -0.25) is 14.4 Å². The molecule has 1 fully saturated rings. The summed E-state index contributed by atoms with van der Waals surface area (Å²) < 4.78 is 0. The van der Waals surface area contributed by atoms with Crippen LogP contribution < -0.4 is 4.90 Å². The zero-order valence-corrected chi connectivity index (χ0v) is 16.9. The Kier molecular flexibility index (Phi) is 5.46. The van der Waals surface area contributed by atoms with Crippen LogP contribution in [0.1, 0.15) is 59.9 Å². The highest BCUT2D eigenvalue weighted by molar-refractivity contribution is 6.23. The second-order valence-electron chi connectivity index (χ2n) is 9.12. The lowest BCUT2D eigenvalue weighted by atomic mass is 9.89. The molecule has 2 rings (SSSR count). The van der Waals surface area contributed by atoms with E-state index in [9.17, 15) is 14.4 Å². The topological polar surface area (TPSA) is 81.5 Å². The molecule has 0 spiro atoms. The largest absolute Gasteiger partial charge is 0.325 e. The van der Waals surface area contributed by atoms with Crippen LogP contribution in [0, 0.1) is 16.7 Å². The van der Waals surface area contributed by atoms with Crippen molar-refractivity contribution in [3.63, 3.8) is 0 Å². The quantitative estimate of drug-likeness (QED) is 0.766. The summed E-state index contributed by atoms with van der Waals surface area (Å²) in [6, 6.07) is 7.48. The number of nitriles is 1. The van der Waals surface area contributed by atoms with Crippen molar-refractivity contribution in [1.29, 1.82) is 5.26 Å². The van der Waals surface area contributed by atoms with Gasteiger partial charge in [-0.1, -0.05) is 20.8 Å². The smallest absolute Gasteiger partial charge is 0.257 e. The van der Waals surface area contributed by atoms with E-state index in [-0.39, 0.29) is 23.7 Å². The lowest BCUT2D eigenvalue weighted by molar-refractivity contribution is -0.145. The Morgan fingerprint density at radius 1 is 1.15 bits per heavy atom. The number of rotatable bonds is 3. The number of imide groups is 1. The third-order valence-electron chi connectivity index (χ3n) is 4.36. The fourth-order valence-electron chi connectivity index (χ4n) is 3.33. The van der Waals surface area contributed by atoms with Gasteiger partial charge >= 0.3 is 0 Å². The summed E-state index contributed by atoms with van der Waals surface area (Å²) in [5, 5.41) is 8.91. The average Bonchev–Trinajstić information content (AvgIpc) is 2.79. The van der Waals surface area contributed by atoms with Gasteiger partial charge in [-0.05, 0) is 50.5 Å². The molecule has 0 bridgehead atoms. The Bertz CT molecular complexity index is 792. The van der Waals surface area contributed by atoms with Gasteiger partial charge in [-0.25, -0.2) is 4.90 Å². The molecule has 1 aromatic rings. The van der Waals surface area contributed by atoms with E-state index >= 15 is 0 Å². The van der Waals surface area contributed by atoms with E-state index in [1.54, 1.807) is 29.2 Å². The molecule has 3 amide bonds. The van der Waals surface area contributed by atoms with Crippen LogP contribution in [0.15, 0.2) is 24.3 Å².